The van der Waals surface area contributed by atoms with Gasteiger partial charge in [0.2, 0.25) is 5.91 Å². The number of amides is 1. The quantitative estimate of drug-likeness (QED) is 0.783. The Morgan fingerprint density at radius 3 is 2.77 bits per heavy atom. The Kier molecular flexibility index (Phi) is 4.04. The topological polar surface area (TPSA) is 82.4 Å². The Balaban J connectivity index is 1.59. The van der Waals surface area contributed by atoms with Gasteiger partial charge in [-0.05, 0) is 31.2 Å². The number of rotatable bonds is 3. The summed E-state index contributed by atoms with van der Waals surface area (Å²) in [4.78, 5) is 29.5. The average Bonchev–Trinajstić information content (AvgIpc) is 2.68. The van der Waals surface area contributed by atoms with E-state index in [1.807, 2.05) is 6.07 Å². The average molecular weight is 351 g/mol. The van der Waals surface area contributed by atoms with E-state index in [1.54, 1.807) is 43.3 Å². The number of aromatic nitrogens is 2. The van der Waals surface area contributed by atoms with Crippen molar-refractivity contribution in [3.05, 3.63) is 59.1 Å². The number of carbonyl (C=O) groups is 1. The van der Waals surface area contributed by atoms with E-state index >= 15 is 0 Å². The van der Waals surface area contributed by atoms with Crippen LogP contribution in [0.25, 0.3) is 10.9 Å². The number of hydrogen-bond acceptors (Lipinski definition) is 5. The van der Waals surface area contributed by atoms with Crippen molar-refractivity contribution < 1.29 is 14.3 Å². The highest BCUT2D eigenvalue weighted by Gasteiger charge is 2.19. The molecule has 0 bridgehead atoms. The Morgan fingerprint density at radius 1 is 1.15 bits per heavy atom. The van der Waals surface area contributed by atoms with Crippen molar-refractivity contribution in [3.63, 3.8) is 0 Å². The molecule has 0 unspecified atom stereocenters. The summed E-state index contributed by atoms with van der Waals surface area (Å²) in [6.07, 6.45) is 1.40. The first-order valence-electron chi connectivity index (χ1n) is 8.30. The zero-order chi connectivity index (χ0) is 18.1. The molecule has 1 atom stereocenters. The Morgan fingerprint density at radius 2 is 1.92 bits per heavy atom. The minimum Gasteiger partial charge on any atom is -0.486 e. The van der Waals surface area contributed by atoms with Crippen molar-refractivity contribution >= 4 is 22.5 Å². The van der Waals surface area contributed by atoms with Gasteiger partial charge in [0.15, 0.2) is 11.5 Å². The highest BCUT2D eigenvalue weighted by molar-refractivity contribution is 5.94. The SMILES string of the molecule is C[C@H](C(=O)Nc1ccc2c(c1)OCCO2)n1cnc2ccccc2c1=O. The van der Waals surface area contributed by atoms with Crippen molar-refractivity contribution in [2.45, 2.75) is 13.0 Å². The smallest absolute Gasteiger partial charge is 0.261 e. The highest BCUT2D eigenvalue weighted by Crippen LogP contribution is 2.32. The van der Waals surface area contributed by atoms with Crippen molar-refractivity contribution in [1.82, 2.24) is 9.55 Å². The lowest BCUT2D eigenvalue weighted by Gasteiger charge is -2.20. The van der Waals surface area contributed by atoms with E-state index in [0.29, 0.717) is 41.3 Å². The van der Waals surface area contributed by atoms with Gasteiger partial charge in [-0.25, -0.2) is 4.98 Å². The van der Waals surface area contributed by atoms with Crippen LogP contribution in [0.5, 0.6) is 11.5 Å². The number of benzene rings is 2. The summed E-state index contributed by atoms with van der Waals surface area (Å²) in [6.45, 7) is 2.64. The van der Waals surface area contributed by atoms with E-state index < -0.39 is 6.04 Å². The van der Waals surface area contributed by atoms with E-state index in [2.05, 4.69) is 10.3 Å². The molecule has 0 saturated heterocycles. The monoisotopic (exact) mass is 351 g/mol. The number of hydrogen-bond donors (Lipinski definition) is 1. The van der Waals surface area contributed by atoms with E-state index in [1.165, 1.54) is 10.9 Å². The molecule has 0 fully saturated rings. The number of nitrogens with zero attached hydrogens (tertiary/aromatic N) is 2. The number of carbonyl (C=O) groups excluding carboxylic acids is 1. The van der Waals surface area contributed by atoms with Crippen LogP contribution < -0.4 is 20.3 Å². The van der Waals surface area contributed by atoms with Crippen molar-refractivity contribution in [2.75, 3.05) is 18.5 Å². The second-order valence-corrected chi connectivity index (χ2v) is 6.00. The molecular formula is C19H17N3O4. The fourth-order valence-electron chi connectivity index (χ4n) is 2.85. The minimum atomic E-state index is -0.715. The van der Waals surface area contributed by atoms with Gasteiger partial charge in [0.1, 0.15) is 19.3 Å². The maximum atomic E-state index is 12.6. The molecule has 2 heterocycles. The molecule has 0 aliphatic carbocycles. The van der Waals surface area contributed by atoms with Crippen LogP contribution in [0.15, 0.2) is 53.6 Å². The molecule has 1 aliphatic rings. The van der Waals surface area contributed by atoms with Crippen LogP contribution in [0.2, 0.25) is 0 Å². The number of fused-ring (bicyclic) bond motifs is 2. The molecule has 3 aromatic rings. The highest BCUT2D eigenvalue weighted by atomic mass is 16.6. The molecule has 7 heteroatoms. The maximum absolute atomic E-state index is 12.6. The second-order valence-electron chi connectivity index (χ2n) is 6.00. The zero-order valence-electron chi connectivity index (χ0n) is 14.1. The fraction of sp³-hybridized carbons (Fsp3) is 0.211. The molecule has 1 amide bonds. The number of nitrogens with one attached hydrogen (secondary N) is 1. The molecule has 132 valence electrons. The van der Waals surface area contributed by atoms with Gasteiger partial charge in [0.25, 0.3) is 5.56 Å². The molecule has 0 spiro atoms. The Labute approximate surface area is 149 Å². The van der Waals surface area contributed by atoms with E-state index in [0.717, 1.165) is 0 Å². The van der Waals surface area contributed by atoms with E-state index in [4.69, 9.17) is 9.47 Å². The molecule has 26 heavy (non-hydrogen) atoms. The molecule has 4 rings (SSSR count). The third kappa shape index (κ3) is 2.88. The van der Waals surface area contributed by atoms with Crippen molar-refractivity contribution in [3.8, 4) is 11.5 Å². The van der Waals surface area contributed by atoms with Gasteiger partial charge in [-0.3, -0.25) is 14.2 Å². The summed E-state index contributed by atoms with van der Waals surface area (Å²) in [6, 6.07) is 11.5. The van der Waals surface area contributed by atoms with Crippen molar-refractivity contribution in [1.29, 1.82) is 0 Å². The molecular weight excluding hydrogens is 334 g/mol. The molecule has 1 aromatic heterocycles. The van der Waals surface area contributed by atoms with E-state index in [-0.39, 0.29) is 11.5 Å². The summed E-state index contributed by atoms with van der Waals surface area (Å²) < 4.78 is 12.3. The fourth-order valence-corrected chi connectivity index (χ4v) is 2.85. The normalized spacial score (nSPS) is 14.0. The van der Waals surface area contributed by atoms with E-state index in [9.17, 15) is 9.59 Å². The third-order valence-electron chi connectivity index (χ3n) is 4.30. The lowest BCUT2D eigenvalue weighted by atomic mass is 10.2. The van der Waals surface area contributed by atoms with Crippen LogP contribution in [-0.4, -0.2) is 28.7 Å². The third-order valence-corrected chi connectivity index (χ3v) is 4.30. The molecule has 2 aromatic carbocycles. The standard InChI is InChI=1S/C19H17N3O4/c1-12(22-11-20-15-5-3-2-4-14(15)19(22)24)18(23)21-13-6-7-16-17(10-13)26-9-8-25-16/h2-7,10-12H,8-9H2,1H3,(H,21,23)/t12-/m1/s1. The number of para-hydroxylation sites is 1. The van der Waals surface area contributed by atoms with Crippen LogP contribution in [0.3, 0.4) is 0 Å². The first-order valence-corrected chi connectivity index (χ1v) is 8.30. The predicted octanol–water partition coefficient (Wildman–Crippen LogP) is 2.37. The maximum Gasteiger partial charge on any atom is 0.261 e. The summed E-state index contributed by atoms with van der Waals surface area (Å²) in [7, 11) is 0. The Bertz CT molecular complexity index is 1040. The van der Waals surface area contributed by atoms with Gasteiger partial charge >= 0.3 is 0 Å². The minimum absolute atomic E-state index is 0.250. The Hall–Kier alpha value is -3.35. The first-order chi connectivity index (χ1) is 12.6. The molecule has 0 radical (unpaired) electrons. The van der Waals surface area contributed by atoms with Gasteiger partial charge in [0.05, 0.1) is 17.2 Å². The summed E-state index contributed by atoms with van der Waals surface area (Å²) in [5.74, 6) is 0.921. The van der Waals surface area contributed by atoms with Gasteiger partial charge in [-0.15, -0.1) is 0 Å². The lowest BCUT2D eigenvalue weighted by Crippen LogP contribution is -2.31. The van der Waals surface area contributed by atoms with Gasteiger partial charge < -0.3 is 14.8 Å². The largest absolute Gasteiger partial charge is 0.486 e. The van der Waals surface area contributed by atoms with Crippen molar-refractivity contribution in [2.24, 2.45) is 0 Å². The van der Waals surface area contributed by atoms with Crippen LogP contribution >= 0.6 is 0 Å². The number of ether oxygens (including phenoxy) is 2. The van der Waals surface area contributed by atoms with Crippen LogP contribution in [0.4, 0.5) is 5.69 Å². The number of anilines is 1. The molecule has 1 N–H and O–H groups in total. The van der Waals surface area contributed by atoms with Crippen LogP contribution in [0.1, 0.15) is 13.0 Å². The van der Waals surface area contributed by atoms with Crippen LogP contribution in [-0.2, 0) is 4.79 Å². The van der Waals surface area contributed by atoms with Gasteiger partial charge in [-0.2, -0.15) is 0 Å². The summed E-state index contributed by atoms with van der Waals surface area (Å²) in [5.41, 5.74) is 0.932. The zero-order valence-corrected chi connectivity index (χ0v) is 14.1. The first kappa shape index (κ1) is 16.1. The molecule has 1 aliphatic heterocycles. The second kappa shape index (κ2) is 6.51. The molecule has 7 nitrogen and oxygen atoms in total. The van der Waals surface area contributed by atoms with Gasteiger partial charge in [0, 0.05) is 11.8 Å². The van der Waals surface area contributed by atoms with Gasteiger partial charge in [-0.1, -0.05) is 12.1 Å². The summed E-state index contributed by atoms with van der Waals surface area (Å²) >= 11 is 0. The predicted molar refractivity (Wildman–Crippen MR) is 96.8 cm³/mol. The lowest BCUT2D eigenvalue weighted by molar-refractivity contribution is -0.118. The molecule has 0 saturated carbocycles. The van der Waals surface area contributed by atoms with Crippen LogP contribution in [0, 0.1) is 0 Å². The summed E-state index contributed by atoms with van der Waals surface area (Å²) in [5, 5.41) is 3.28.